The van der Waals surface area contributed by atoms with E-state index < -0.39 is 10.0 Å². The molecule has 0 spiro atoms. The van der Waals surface area contributed by atoms with E-state index in [2.05, 4.69) is 15.0 Å². The summed E-state index contributed by atoms with van der Waals surface area (Å²) >= 11 is 0. The number of amides is 1. The number of hydrogen-bond donors (Lipinski definition) is 2. The molecule has 1 saturated carbocycles. The number of nitrogens with one attached hydrogen (secondary N) is 2. The van der Waals surface area contributed by atoms with E-state index in [1.807, 2.05) is 37.3 Å². The highest BCUT2D eigenvalue weighted by atomic mass is 32.2. The van der Waals surface area contributed by atoms with Gasteiger partial charge in [-0.15, -0.1) is 0 Å². The molecule has 1 aliphatic carbocycles. The first kappa shape index (κ1) is 19.3. The van der Waals surface area contributed by atoms with Crippen LogP contribution in [-0.2, 0) is 14.8 Å². The lowest BCUT2D eigenvalue weighted by molar-refractivity contribution is -0.111. The minimum atomic E-state index is -3.47. The number of nitrogens with zero attached hydrogens (tertiary/aromatic N) is 1. The molecule has 7 heteroatoms. The molecule has 1 aliphatic rings. The van der Waals surface area contributed by atoms with Gasteiger partial charge in [0.25, 0.3) is 0 Å². The van der Waals surface area contributed by atoms with Crippen LogP contribution in [0.1, 0.15) is 24.1 Å². The Morgan fingerprint density at radius 3 is 2.55 bits per heavy atom. The highest BCUT2D eigenvalue weighted by Crippen LogP contribution is 2.23. The summed E-state index contributed by atoms with van der Waals surface area (Å²) in [4.78, 5) is 17.1. The maximum atomic E-state index is 12.3. The van der Waals surface area contributed by atoms with Crippen molar-refractivity contribution < 1.29 is 13.2 Å². The predicted molar refractivity (Wildman–Crippen MR) is 114 cm³/mol. The molecule has 2 N–H and O–H groups in total. The van der Waals surface area contributed by atoms with Gasteiger partial charge in [0.15, 0.2) is 0 Å². The summed E-state index contributed by atoms with van der Waals surface area (Å²) in [6.45, 7) is 1.90. The van der Waals surface area contributed by atoms with E-state index in [1.54, 1.807) is 30.3 Å². The Hall–Kier alpha value is -3.03. The number of pyridine rings is 1. The van der Waals surface area contributed by atoms with Crippen LogP contribution in [0.25, 0.3) is 17.0 Å². The van der Waals surface area contributed by atoms with Crippen molar-refractivity contribution in [3.63, 3.8) is 0 Å². The van der Waals surface area contributed by atoms with Crippen LogP contribution in [0.4, 0.5) is 5.69 Å². The molecule has 1 heterocycles. The zero-order chi connectivity index (χ0) is 20.4. The number of fused-ring (bicyclic) bond motifs is 1. The van der Waals surface area contributed by atoms with Crippen molar-refractivity contribution in [3.8, 4) is 0 Å². The van der Waals surface area contributed by atoms with Crippen molar-refractivity contribution in [1.29, 1.82) is 0 Å². The maximum absolute atomic E-state index is 12.3. The van der Waals surface area contributed by atoms with Crippen molar-refractivity contribution in [2.75, 3.05) is 5.32 Å². The minimum absolute atomic E-state index is 0.0654. The number of aryl methyl sites for hydroxylation is 1. The predicted octanol–water partition coefficient (Wildman–Crippen LogP) is 3.64. The van der Waals surface area contributed by atoms with E-state index in [4.69, 9.17) is 0 Å². The van der Waals surface area contributed by atoms with Gasteiger partial charge in [0, 0.05) is 23.2 Å². The van der Waals surface area contributed by atoms with Crippen LogP contribution >= 0.6 is 0 Å². The molecular formula is C22H21N3O3S. The van der Waals surface area contributed by atoms with Gasteiger partial charge in [-0.2, -0.15) is 0 Å². The Balaban J connectivity index is 1.45. The first-order chi connectivity index (χ1) is 13.9. The van der Waals surface area contributed by atoms with Gasteiger partial charge in [-0.1, -0.05) is 30.3 Å². The lowest BCUT2D eigenvalue weighted by Crippen LogP contribution is -2.25. The minimum Gasteiger partial charge on any atom is -0.321 e. The molecule has 0 radical (unpaired) electrons. The average Bonchev–Trinajstić information content (AvgIpc) is 3.50. The van der Waals surface area contributed by atoms with E-state index in [0.717, 1.165) is 35.0 Å². The number of para-hydroxylation sites is 1. The molecular weight excluding hydrogens is 386 g/mol. The maximum Gasteiger partial charge on any atom is 0.248 e. The largest absolute Gasteiger partial charge is 0.321 e. The van der Waals surface area contributed by atoms with Gasteiger partial charge in [0.1, 0.15) is 0 Å². The van der Waals surface area contributed by atoms with Crippen molar-refractivity contribution in [3.05, 3.63) is 71.9 Å². The average molecular weight is 407 g/mol. The van der Waals surface area contributed by atoms with Crippen molar-refractivity contribution in [1.82, 2.24) is 9.71 Å². The lowest BCUT2D eigenvalue weighted by Gasteiger charge is -2.07. The number of rotatable bonds is 6. The van der Waals surface area contributed by atoms with Gasteiger partial charge < -0.3 is 5.32 Å². The van der Waals surface area contributed by atoms with Crippen LogP contribution in [0.5, 0.6) is 0 Å². The number of aromatic nitrogens is 1. The molecule has 0 unspecified atom stereocenters. The van der Waals surface area contributed by atoms with E-state index in [9.17, 15) is 13.2 Å². The van der Waals surface area contributed by atoms with Crippen LogP contribution in [0.15, 0.2) is 65.6 Å². The van der Waals surface area contributed by atoms with E-state index >= 15 is 0 Å². The molecule has 1 aromatic heterocycles. The summed E-state index contributed by atoms with van der Waals surface area (Å²) in [6, 6.07) is 16.0. The van der Waals surface area contributed by atoms with Gasteiger partial charge in [-0.3, -0.25) is 9.78 Å². The summed E-state index contributed by atoms with van der Waals surface area (Å²) in [5.41, 5.74) is 3.00. The molecule has 1 fully saturated rings. The van der Waals surface area contributed by atoms with Gasteiger partial charge in [0.2, 0.25) is 15.9 Å². The fourth-order valence-corrected chi connectivity index (χ4v) is 4.24. The third kappa shape index (κ3) is 4.70. The second kappa shape index (κ2) is 7.77. The molecule has 2 aromatic carbocycles. The Morgan fingerprint density at radius 1 is 1.07 bits per heavy atom. The second-order valence-electron chi connectivity index (χ2n) is 7.12. The topological polar surface area (TPSA) is 88.2 Å². The highest BCUT2D eigenvalue weighted by molar-refractivity contribution is 7.89. The quantitative estimate of drug-likeness (QED) is 0.611. The van der Waals surface area contributed by atoms with E-state index in [-0.39, 0.29) is 16.8 Å². The molecule has 0 atom stereocenters. The normalized spacial score (nSPS) is 14.4. The van der Waals surface area contributed by atoms with Crippen LogP contribution < -0.4 is 10.0 Å². The number of benzene rings is 2. The fourth-order valence-electron chi connectivity index (χ4n) is 2.94. The summed E-state index contributed by atoms with van der Waals surface area (Å²) in [6.07, 6.45) is 4.84. The SMILES string of the molecule is Cc1ccc2cccc(NC(=O)/C=C/c3ccc(S(=O)(=O)NC4CC4)cc3)c2n1. The Kier molecular flexibility index (Phi) is 5.17. The Morgan fingerprint density at radius 2 is 1.83 bits per heavy atom. The van der Waals surface area contributed by atoms with E-state index in [1.165, 1.54) is 6.08 Å². The molecule has 3 aromatic rings. The highest BCUT2D eigenvalue weighted by Gasteiger charge is 2.27. The standard InChI is InChI=1S/C22H21N3O3S/c1-15-5-9-17-3-2-4-20(22(17)23-15)24-21(26)14-8-16-6-12-19(13-7-16)29(27,28)25-18-10-11-18/h2-9,12-14,18,25H,10-11H2,1H3,(H,24,26)/b14-8+. The Bertz CT molecular complexity index is 1200. The number of carbonyl (C=O) groups excluding carboxylic acids is 1. The number of anilines is 1. The van der Waals surface area contributed by atoms with Crippen LogP contribution in [-0.4, -0.2) is 25.4 Å². The number of hydrogen-bond acceptors (Lipinski definition) is 4. The summed E-state index contributed by atoms with van der Waals surface area (Å²) < 4.78 is 27.0. The van der Waals surface area contributed by atoms with E-state index in [0.29, 0.717) is 5.69 Å². The molecule has 29 heavy (non-hydrogen) atoms. The zero-order valence-electron chi connectivity index (χ0n) is 15.9. The molecule has 0 saturated heterocycles. The van der Waals surface area contributed by atoms with Crippen molar-refractivity contribution >= 4 is 38.6 Å². The zero-order valence-corrected chi connectivity index (χ0v) is 16.7. The van der Waals surface area contributed by atoms with Crippen molar-refractivity contribution in [2.45, 2.75) is 30.7 Å². The monoisotopic (exact) mass is 407 g/mol. The van der Waals surface area contributed by atoms with Crippen LogP contribution in [0.3, 0.4) is 0 Å². The summed E-state index contributed by atoms with van der Waals surface area (Å²) in [5, 5.41) is 3.81. The summed E-state index contributed by atoms with van der Waals surface area (Å²) in [7, 11) is -3.47. The first-order valence-electron chi connectivity index (χ1n) is 9.38. The van der Waals surface area contributed by atoms with Gasteiger partial charge in [-0.05, 0) is 55.7 Å². The molecule has 1 amide bonds. The third-order valence-electron chi connectivity index (χ3n) is 4.63. The van der Waals surface area contributed by atoms with Crippen LogP contribution in [0, 0.1) is 6.92 Å². The smallest absolute Gasteiger partial charge is 0.248 e. The lowest BCUT2D eigenvalue weighted by atomic mass is 10.1. The van der Waals surface area contributed by atoms with Gasteiger partial charge in [-0.25, -0.2) is 13.1 Å². The molecule has 148 valence electrons. The second-order valence-corrected chi connectivity index (χ2v) is 8.83. The molecule has 6 nitrogen and oxygen atoms in total. The first-order valence-corrected chi connectivity index (χ1v) is 10.9. The Labute approximate surface area is 169 Å². The fraction of sp³-hybridized carbons (Fsp3) is 0.182. The van der Waals surface area contributed by atoms with Crippen molar-refractivity contribution in [2.24, 2.45) is 0 Å². The summed E-state index contributed by atoms with van der Waals surface area (Å²) in [5.74, 6) is -0.284. The van der Waals surface area contributed by atoms with Crippen LogP contribution in [0.2, 0.25) is 0 Å². The number of carbonyl (C=O) groups is 1. The molecule has 4 rings (SSSR count). The third-order valence-corrected chi connectivity index (χ3v) is 6.17. The molecule has 0 bridgehead atoms. The van der Waals surface area contributed by atoms with Gasteiger partial charge in [0.05, 0.1) is 16.1 Å². The molecule has 0 aliphatic heterocycles. The number of sulfonamides is 1. The van der Waals surface area contributed by atoms with Gasteiger partial charge >= 0.3 is 0 Å².